The van der Waals surface area contributed by atoms with E-state index in [0.29, 0.717) is 18.9 Å². The van der Waals surface area contributed by atoms with Crippen LogP contribution in [0.2, 0.25) is 0 Å². The number of hydrogen-bond donors (Lipinski definition) is 2. The molecule has 1 aromatic carbocycles. The lowest BCUT2D eigenvalue weighted by molar-refractivity contribution is -0.387. The molecule has 0 aromatic heterocycles. The van der Waals surface area contributed by atoms with Gasteiger partial charge in [0.2, 0.25) is 11.6 Å². The van der Waals surface area contributed by atoms with Crippen LogP contribution < -0.4 is 5.32 Å². The monoisotopic (exact) mass is 346 g/mol. The van der Waals surface area contributed by atoms with E-state index in [4.69, 9.17) is 0 Å². The van der Waals surface area contributed by atoms with Crippen LogP contribution in [0.1, 0.15) is 42.5 Å². The summed E-state index contributed by atoms with van der Waals surface area (Å²) in [7, 11) is 0. The molecule has 0 atom stereocenters. The first-order valence-electron chi connectivity index (χ1n) is 7.52. The first kappa shape index (κ1) is 18.2. The van der Waals surface area contributed by atoms with Gasteiger partial charge in [0.15, 0.2) is 5.82 Å². The largest absolute Gasteiger partial charge is 0.396 e. The number of carbonyl (C=O) groups excluding carboxylic acids is 1. The van der Waals surface area contributed by atoms with Crippen molar-refractivity contribution in [3.8, 4) is 0 Å². The van der Waals surface area contributed by atoms with E-state index >= 15 is 0 Å². The van der Waals surface area contributed by atoms with Gasteiger partial charge in [0, 0.05) is 18.0 Å². The maximum atomic E-state index is 13.8. The first-order valence-corrected chi connectivity index (χ1v) is 7.52. The van der Waals surface area contributed by atoms with Crippen LogP contribution in [0.4, 0.5) is 18.9 Å². The van der Waals surface area contributed by atoms with E-state index in [1.165, 1.54) is 0 Å². The molecule has 0 bridgehead atoms. The number of nitrogens with one attached hydrogen (secondary N) is 1. The molecule has 0 radical (unpaired) electrons. The number of amides is 1. The Morgan fingerprint density at radius 3 is 2.38 bits per heavy atom. The number of aliphatic hydroxyl groups excluding tert-OH is 1. The lowest BCUT2D eigenvalue weighted by atomic mass is 9.74. The second kappa shape index (κ2) is 7.16. The van der Waals surface area contributed by atoms with Crippen molar-refractivity contribution < 1.29 is 28.0 Å². The number of aliphatic hydroxyl groups is 1. The third kappa shape index (κ3) is 3.50. The van der Waals surface area contributed by atoms with Crippen molar-refractivity contribution in [1.82, 2.24) is 5.32 Å². The molecule has 1 aliphatic carbocycles. The Labute approximate surface area is 135 Å². The minimum atomic E-state index is -2.07. The highest BCUT2D eigenvalue weighted by atomic mass is 19.2. The number of benzene rings is 1. The molecule has 9 heteroatoms. The number of halogens is 3. The standard InChI is InChI=1S/C15H17F3N2O4/c16-11-9(6-10(20(23)24)12(17)13(11)18)14(22)19-7-15(8-21)4-2-1-3-5-15/h6,21H,1-5,7-8H2,(H,19,22). The van der Waals surface area contributed by atoms with E-state index in [-0.39, 0.29) is 13.2 Å². The number of carbonyl (C=O) groups is 1. The van der Waals surface area contributed by atoms with Crippen LogP contribution in [0.3, 0.4) is 0 Å². The van der Waals surface area contributed by atoms with Crippen LogP contribution in [0, 0.1) is 33.0 Å². The highest BCUT2D eigenvalue weighted by Gasteiger charge is 2.33. The van der Waals surface area contributed by atoms with Gasteiger partial charge in [0.25, 0.3) is 5.91 Å². The Balaban J connectivity index is 2.22. The zero-order valence-corrected chi connectivity index (χ0v) is 12.8. The molecule has 1 saturated carbocycles. The smallest absolute Gasteiger partial charge is 0.308 e. The highest BCUT2D eigenvalue weighted by Crippen LogP contribution is 2.35. The van der Waals surface area contributed by atoms with Gasteiger partial charge >= 0.3 is 5.69 Å². The second-order valence-electron chi connectivity index (χ2n) is 6.04. The molecule has 132 valence electrons. The molecule has 2 rings (SSSR count). The summed E-state index contributed by atoms with van der Waals surface area (Å²) in [5.74, 6) is -6.89. The molecule has 1 aliphatic rings. The molecule has 1 aromatic rings. The van der Waals surface area contributed by atoms with Crippen LogP contribution in [0.15, 0.2) is 6.07 Å². The summed E-state index contributed by atoms with van der Waals surface area (Å²) in [6, 6.07) is 0.371. The molecule has 0 saturated heterocycles. The van der Waals surface area contributed by atoms with E-state index in [1.807, 2.05) is 0 Å². The fourth-order valence-corrected chi connectivity index (χ4v) is 2.94. The number of nitro benzene ring substituents is 1. The third-order valence-corrected chi connectivity index (χ3v) is 4.44. The summed E-state index contributed by atoms with van der Waals surface area (Å²) >= 11 is 0. The average molecular weight is 346 g/mol. The predicted octanol–water partition coefficient (Wildman–Crippen LogP) is 2.68. The number of rotatable bonds is 5. The van der Waals surface area contributed by atoms with Crippen LogP contribution in [0.5, 0.6) is 0 Å². The van der Waals surface area contributed by atoms with Crippen molar-refractivity contribution in [1.29, 1.82) is 0 Å². The van der Waals surface area contributed by atoms with E-state index in [9.17, 15) is 33.2 Å². The third-order valence-electron chi connectivity index (χ3n) is 4.44. The Morgan fingerprint density at radius 1 is 1.21 bits per heavy atom. The molecular formula is C15H17F3N2O4. The van der Waals surface area contributed by atoms with E-state index in [0.717, 1.165) is 19.3 Å². The minimum Gasteiger partial charge on any atom is -0.396 e. The van der Waals surface area contributed by atoms with Gasteiger partial charge in [-0.15, -0.1) is 0 Å². The average Bonchev–Trinajstić information content (AvgIpc) is 2.58. The zero-order valence-electron chi connectivity index (χ0n) is 12.8. The van der Waals surface area contributed by atoms with Gasteiger partial charge in [0.05, 0.1) is 17.1 Å². The molecule has 24 heavy (non-hydrogen) atoms. The van der Waals surface area contributed by atoms with Gasteiger partial charge in [-0.1, -0.05) is 19.3 Å². The Morgan fingerprint density at radius 2 is 1.83 bits per heavy atom. The summed E-state index contributed by atoms with van der Waals surface area (Å²) in [6.45, 7) is -0.151. The van der Waals surface area contributed by atoms with Gasteiger partial charge < -0.3 is 10.4 Å². The van der Waals surface area contributed by atoms with Crippen molar-refractivity contribution >= 4 is 11.6 Å². The summed E-state index contributed by atoms with van der Waals surface area (Å²) in [6.07, 6.45) is 4.11. The van der Waals surface area contributed by atoms with Gasteiger partial charge in [-0.25, -0.2) is 8.78 Å². The highest BCUT2D eigenvalue weighted by molar-refractivity contribution is 5.95. The van der Waals surface area contributed by atoms with Crippen LogP contribution in [-0.4, -0.2) is 29.1 Å². The van der Waals surface area contributed by atoms with E-state index < -0.39 is 44.9 Å². The van der Waals surface area contributed by atoms with Gasteiger partial charge in [0.1, 0.15) is 0 Å². The van der Waals surface area contributed by atoms with Crippen molar-refractivity contribution in [3.05, 3.63) is 39.2 Å². The second-order valence-corrected chi connectivity index (χ2v) is 6.04. The van der Waals surface area contributed by atoms with Crippen molar-refractivity contribution in [3.63, 3.8) is 0 Å². The number of nitro groups is 1. The fourth-order valence-electron chi connectivity index (χ4n) is 2.94. The molecule has 0 heterocycles. The van der Waals surface area contributed by atoms with Crippen molar-refractivity contribution in [2.75, 3.05) is 13.2 Å². The Bertz CT molecular complexity index is 661. The molecule has 0 spiro atoms. The maximum absolute atomic E-state index is 13.8. The molecule has 2 N–H and O–H groups in total. The van der Waals surface area contributed by atoms with Crippen molar-refractivity contribution in [2.24, 2.45) is 5.41 Å². The number of nitrogens with zero attached hydrogens (tertiary/aromatic N) is 1. The van der Waals surface area contributed by atoms with E-state index in [2.05, 4.69) is 5.32 Å². The first-order chi connectivity index (χ1) is 11.3. The summed E-state index contributed by atoms with van der Waals surface area (Å²) in [5, 5.41) is 22.6. The zero-order chi connectivity index (χ0) is 17.9. The lowest BCUT2D eigenvalue weighted by Crippen LogP contribution is -2.41. The molecule has 0 aliphatic heterocycles. The summed E-state index contributed by atoms with van der Waals surface area (Å²) < 4.78 is 40.5. The van der Waals surface area contributed by atoms with Crippen LogP contribution >= 0.6 is 0 Å². The quantitative estimate of drug-likeness (QED) is 0.487. The van der Waals surface area contributed by atoms with Crippen LogP contribution in [0.25, 0.3) is 0 Å². The summed E-state index contributed by atoms with van der Waals surface area (Å²) in [5.41, 5.74) is -2.80. The van der Waals surface area contributed by atoms with Gasteiger partial charge in [-0.05, 0) is 12.8 Å². The maximum Gasteiger partial charge on any atom is 0.308 e. The Hall–Kier alpha value is -2.16. The van der Waals surface area contributed by atoms with Gasteiger partial charge in [-0.2, -0.15) is 4.39 Å². The van der Waals surface area contributed by atoms with Gasteiger partial charge in [-0.3, -0.25) is 14.9 Å². The van der Waals surface area contributed by atoms with Crippen LogP contribution in [-0.2, 0) is 0 Å². The molecule has 1 fully saturated rings. The minimum absolute atomic E-state index is 0.0224. The van der Waals surface area contributed by atoms with E-state index in [1.54, 1.807) is 0 Å². The molecule has 0 unspecified atom stereocenters. The molecular weight excluding hydrogens is 329 g/mol. The number of hydrogen-bond acceptors (Lipinski definition) is 4. The SMILES string of the molecule is O=C(NCC1(CO)CCCCC1)c1cc([N+](=O)[O-])c(F)c(F)c1F. The normalized spacial score (nSPS) is 16.7. The molecule has 1 amide bonds. The fraction of sp³-hybridized carbons (Fsp3) is 0.533. The summed E-state index contributed by atoms with van der Waals surface area (Å²) in [4.78, 5) is 21.5. The molecule has 6 nitrogen and oxygen atoms in total. The Kier molecular flexibility index (Phi) is 5.43. The predicted molar refractivity (Wildman–Crippen MR) is 77.9 cm³/mol. The van der Waals surface area contributed by atoms with Crippen molar-refractivity contribution in [2.45, 2.75) is 32.1 Å². The lowest BCUT2D eigenvalue weighted by Gasteiger charge is -2.35. The topological polar surface area (TPSA) is 92.5 Å².